The maximum Gasteiger partial charge on any atom is 0.257 e. The van der Waals surface area contributed by atoms with E-state index in [9.17, 15) is 9.90 Å². The van der Waals surface area contributed by atoms with E-state index in [1.165, 1.54) is 6.07 Å². The Morgan fingerprint density at radius 1 is 1.53 bits per heavy atom. The van der Waals surface area contributed by atoms with Crippen LogP contribution in [0.2, 0.25) is 0 Å². The SMILES string of the molecule is CCOCCN(C)C(=O)c1cc(I)ccc1O. The number of amides is 1. The molecule has 0 atom stereocenters. The largest absolute Gasteiger partial charge is 0.507 e. The lowest BCUT2D eigenvalue weighted by Crippen LogP contribution is -2.30. The van der Waals surface area contributed by atoms with E-state index in [4.69, 9.17) is 4.74 Å². The van der Waals surface area contributed by atoms with Gasteiger partial charge in [0.2, 0.25) is 0 Å². The Labute approximate surface area is 115 Å². The van der Waals surface area contributed by atoms with Crippen LogP contribution in [0.25, 0.3) is 0 Å². The molecule has 1 aromatic rings. The molecule has 0 aromatic heterocycles. The number of halogens is 1. The number of aromatic hydroxyl groups is 1. The summed E-state index contributed by atoms with van der Waals surface area (Å²) in [7, 11) is 1.70. The van der Waals surface area contributed by atoms with Crippen molar-refractivity contribution in [3.63, 3.8) is 0 Å². The van der Waals surface area contributed by atoms with Gasteiger partial charge in [0, 0.05) is 23.8 Å². The maximum absolute atomic E-state index is 12.0. The van der Waals surface area contributed by atoms with Crippen LogP contribution in [0.4, 0.5) is 0 Å². The number of hydrogen-bond acceptors (Lipinski definition) is 3. The minimum atomic E-state index is -0.194. The van der Waals surface area contributed by atoms with Gasteiger partial charge in [-0.25, -0.2) is 0 Å². The van der Waals surface area contributed by atoms with Crippen molar-refractivity contribution < 1.29 is 14.6 Å². The molecule has 0 spiro atoms. The second-order valence-electron chi connectivity index (χ2n) is 3.59. The Morgan fingerprint density at radius 2 is 2.24 bits per heavy atom. The van der Waals surface area contributed by atoms with Crippen LogP contribution in [0.15, 0.2) is 18.2 Å². The van der Waals surface area contributed by atoms with E-state index in [0.717, 1.165) is 3.57 Å². The normalized spacial score (nSPS) is 10.3. The number of phenols is 1. The molecule has 1 amide bonds. The van der Waals surface area contributed by atoms with E-state index in [1.807, 2.05) is 6.92 Å². The third-order valence-electron chi connectivity index (χ3n) is 2.31. The third-order valence-corrected chi connectivity index (χ3v) is 2.98. The molecule has 4 nitrogen and oxygen atoms in total. The Balaban J connectivity index is 2.71. The molecule has 0 aliphatic carbocycles. The lowest BCUT2D eigenvalue weighted by molar-refractivity contribution is 0.0707. The zero-order valence-electron chi connectivity index (χ0n) is 9.94. The highest BCUT2D eigenvalue weighted by atomic mass is 127. The Kier molecular flexibility index (Phi) is 5.70. The summed E-state index contributed by atoms with van der Waals surface area (Å²) in [5.74, 6) is -0.181. The van der Waals surface area contributed by atoms with Crippen LogP contribution >= 0.6 is 22.6 Å². The van der Waals surface area contributed by atoms with Crippen molar-refractivity contribution in [1.29, 1.82) is 0 Å². The van der Waals surface area contributed by atoms with Crippen molar-refractivity contribution in [1.82, 2.24) is 4.90 Å². The van der Waals surface area contributed by atoms with E-state index in [0.29, 0.717) is 25.3 Å². The van der Waals surface area contributed by atoms with Crippen LogP contribution in [-0.2, 0) is 4.74 Å². The molecule has 1 aromatic carbocycles. The van der Waals surface area contributed by atoms with Gasteiger partial charge in [-0.1, -0.05) is 0 Å². The number of nitrogens with zero attached hydrogens (tertiary/aromatic N) is 1. The highest BCUT2D eigenvalue weighted by Gasteiger charge is 2.15. The number of rotatable bonds is 5. The number of likely N-dealkylation sites (N-methyl/N-ethyl adjacent to an activating group) is 1. The molecule has 1 N–H and O–H groups in total. The topological polar surface area (TPSA) is 49.8 Å². The van der Waals surface area contributed by atoms with Gasteiger partial charge < -0.3 is 14.7 Å². The van der Waals surface area contributed by atoms with Crippen molar-refractivity contribution in [3.05, 3.63) is 27.3 Å². The molecule has 0 aliphatic heterocycles. The first-order chi connectivity index (χ1) is 8.06. The minimum Gasteiger partial charge on any atom is -0.507 e. The summed E-state index contributed by atoms with van der Waals surface area (Å²) in [4.78, 5) is 13.6. The Morgan fingerprint density at radius 3 is 2.88 bits per heavy atom. The molecule has 0 bridgehead atoms. The van der Waals surface area contributed by atoms with Crippen molar-refractivity contribution in [3.8, 4) is 5.75 Å². The fourth-order valence-corrected chi connectivity index (χ4v) is 1.82. The van der Waals surface area contributed by atoms with Crippen LogP contribution in [0, 0.1) is 3.57 Å². The summed E-state index contributed by atoms with van der Waals surface area (Å²) in [6, 6.07) is 4.97. The number of benzene rings is 1. The predicted octanol–water partition coefficient (Wildman–Crippen LogP) is 2.11. The molecule has 0 aliphatic rings. The number of phenolic OH excluding ortho intramolecular Hbond substituents is 1. The van der Waals surface area contributed by atoms with Crippen LogP contribution in [0.1, 0.15) is 17.3 Å². The molecule has 5 heteroatoms. The van der Waals surface area contributed by atoms with Gasteiger partial charge in [0.15, 0.2) is 0 Å². The number of hydrogen-bond donors (Lipinski definition) is 1. The molecule has 0 saturated heterocycles. The molecule has 0 unspecified atom stereocenters. The first kappa shape index (κ1) is 14.2. The highest BCUT2D eigenvalue weighted by Crippen LogP contribution is 2.20. The van der Waals surface area contributed by atoms with Gasteiger partial charge in [0.05, 0.1) is 12.2 Å². The van der Waals surface area contributed by atoms with Gasteiger partial charge in [-0.15, -0.1) is 0 Å². The fourth-order valence-electron chi connectivity index (χ4n) is 1.33. The molecular weight excluding hydrogens is 333 g/mol. The van der Waals surface area contributed by atoms with E-state index < -0.39 is 0 Å². The van der Waals surface area contributed by atoms with Crippen molar-refractivity contribution in [2.75, 3.05) is 26.8 Å². The summed E-state index contributed by atoms with van der Waals surface area (Å²) in [5.41, 5.74) is 0.330. The molecule has 0 heterocycles. The van der Waals surface area contributed by atoms with Crippen molar-refractivity contribution in [2.45, 2.75) is 6.92 Å². The number of carbonyl (C=O) groups is 1. The molecule has 0 fully saturated rings. The average Bonchev–Trinajstić information content (AvgIpc) is 2.31. The lowest BCUT2D eigenvalue weighted by Gasteiger charge is -2.17. The molecule has 1 rings (SSSR count). The zero-order valence-corrected chi connectivity index (χ0v) is 12.1. The standard InChI is InChI=1S/C12H16INO3/c1-3-17-7-6-14(2)12(16)10-8-9(13)4-5-11(10)15/h4-5,8,15H,3,6-7H2,1-2H3. The van der Waals surface area contributed by atoms with Crippen molar-refractivity contribution in [2.24, 2.45) is 0 Å². The molecule has 17 heavy (non-hydrogen) atoms. The van der Waals surface area contributed by atoms with E-state index in [1.54, 1.807) is 24.1 Å². The summed E-state index contributed by atoms with van der Waals surface area (Å²) >= 11 is 2.11. The second-order valence-corrected chi connectivity index (χ2v) is 4.83. The lowest BCUT2D eigenvalue weighted by atomic mass is 10.2. The quantitative estimate of drug-likeness (QED) is 0.654. The summed E-state index contributed by atoms with van der Waals surface area (Å²) in [5, 5.41) is 9.64. The monoisotopic (exact) mass is 349 g/mol. The molecule has 0 saturated carbocycles. The minimum absolute atomic E-state index is 0.0127. The Bertz CT molecular complexity index is 395. The molecule has 94 valence electrons. The van der Waals surface area contributed by atoms with Gasteiger partial charge >= 0.3 is 0 Å². The van der Waals surface area contributed by atoms with E-state index >= 15 is 0 Å². The maximum atomic E-state index is 12.0. The van der Waals surface area contributed by atoms with Crippen molar-refractivity contribution >= 4 is 28.5 Å². The zero-order chi connectivity index (χ0) is 12.8. The second kappa shape index (κ2) is 6.80. The van der Waals surface area contributed by atoms with Gasteiger partial charge in [0.25, 0.3) is 5.91 Å². The van der Waals surface area contributed by atoms with Crippen LogP contribution in [-0.4, -0.2) is 42.7 Å². The Hall–Kier alpha value is -0.820. The first-order valence-corrected chi connectivity index (χ1v) is 6.46. The predicted molar refractivity (Wildman–Crippen MR) is 74.3 cm³/mol. The van der Waals surface area contributed by atoms with E-state index in [-0.39, 0.29) is 11.7 Å². The average molecular weight is 349 g/mol. The van der Waals surface area contributed by atoms with Gasteiger partial charge in [-0.2, -0.15) is 0 Å². The first-order valence-electron chi connectivity index (χ1n) is 5.38. The summed E-state index contributed by atoms with van der Waals surface area (Å²) < 4.78 is 6.10. The summed E-state index contributed by atoms with van der Waals surface area (Å²) in [6.07, 6.45) is 0. The van der Waals surface area contributed by atoms with Gasteiger partial charge in [-0.3, -0.25) is 4.79 Å². The number of ether oxygens (including phenoxy) is 1. The van der Waals surface area contributed by atoms with Crippen LogP contribution in [0.5, 0.6) is 5.75 Å². The molecule has 0 radical (unpaired) electrons. The van der Waals surface area contributed by atoms with Crippen LogP contribution in [0.3, 0.4) is 0 Å². The van der Waals surface area contributed by atoms with E-state index in [2.05, 4.69) is 22.6 Å². The van der Waals surface area contributed by atoms with Gasteiger partial charge in [0.1, 0.15) is 5.75 Å². The fraction of sp³-hybridized carbons (Fsp3) is 0.417. The van der Waals surface area contributed by atoms with Gasteiger partial charge in [-0.05, 0) is 47.7 Å². The smallest absolute Gasteiger partial charge is 0.257 e. The highest BCUT2D eigenvalue weighted by molar-refractivity contribution is 14.1. The number of carbonyl (C=O) groups excluding carboxylic acids is 1. The third kappa shape index (κ3) is 4.16. The van der Waals surface area contributed by atoms with Crippen LogP contribution < -0.4 is 0 Å². The summed E-state index contributed by atoms with van der Waals surface area (Å²) in [6.45, 7) is 3.56. The molecular formula is C12H16INO3.